The second-order valence-electron chi connectivity index (χ2n) is 5.43. The highest BCUT2D eigenvalue weighted by Gasteiger charge is 2.12. The standard InChI is InChI=1S/C18H20ClNO/c1-12(2)14-8-10-15(11-9-14)18(21)20-17-7-5-4-6-16(17)13(3)19/h4-13H,1-3H3,(H,20,21). The average Bonchev–Trinajstić information content (AvgIpc) is 2.47. The van der Waals surface area contributed by atoms with E-state index in [-0.39, 0.29) is 11.3 Å². The van der Waals surface area contributed by atoms with E-state index in [0.717, 1.165) is 11.3 Å². The lowest BCUT2D eigenvalue weighted by molar-refractivity contribution is 0.102. The number of benzene rings is 2. The minimum atomic E-state index is -0.148. The van der Waals surface area contributed by atoms with Crippen molar-refractivity contribution < 1.29 is 4.79 Å². The number of hydrogen-bond acceptors (Lipinski definition) is 1. The number of halogens is 1. The normalized spacial score (nSPS) is 12.2. The molecule has 1 atom stereocenters. The van der Waals surface area contributed by atoms with Crippen molar-refractivity contribution in [3.05, 3.63) is 65.2 Å². The van der Waals surface area contributed by atoms with Gasteiger partial charge in [-0.3, -0.25) is 4.79 Å². The monoisotopic (exact) mass is 301 g/mol. The van der Waals surface area contributed by atoms with Crippen LogP contribution in [-0.4, -0.2) is 5.91 Å². The van der Waals surface area contributed by atoms with Gasteiger partial charge in [0.25, 0.3) is 5.91 Å². The molecule has 0 saturated heterocycles. The molecule has 0 fully saturated rings. The third-order valence-electron chi connectivity index (χ3n) is 3.48. The smallest absolute Gasteiger partial charge is 0.255 e. The quantitative estimate of drug-likeness (QED) is 0.757. The van der Waals surface area contributed by atoms with Crippen LogP contribution in [0.15, 0.2) is 48.5 Å². The topological polar surface area (TPSA) is 29.1 Å². The number of carbonyl (C=O) groups is 1. The maximum Gasteiger partial charge on any atom is 0.255 e. The van der Waals surface area contributed by atoms with Gasteiger partial charge in [0.05, 0.1) is 5.38 Å². The van der Waals surface area contributed by atoms with Crippen LogP contribution in [0.1, 0.15) is 53.6 Å². The van der Waals surface area contributed by atoms with Gasteiger partial charge in [-0.05, 0) is 42.2 Å². The zero-order valence-corrected chi connectivity index (χ0v) is 13.3. The summed E-state index contributed by atoms with van der Waals surface area (Å²) in [6.07, 6.45) is 0. The van der Waals surface area contributed by atoms with Crippen molar-refractivity contribution in [3.8, 4) is 0 Å². The summed E-state index contributed by atoms with van der Waals surface area (Å²) >= 11 is 6.14. The fourth-order valence-electron chi connectivity index (χ4n) is 2.17. The zero-order chi connectivity index (χ0) is 15.4. The highest BCUT2D eigenvalue weighted by Crippen LogP contribution is 2.27. The number of carbonyl (C=O) groups excluding carboxylic acids is 1. The molecule has 0 spiro atoms. The van der Waals surface area contributed by atoms with Crippen LogP contribution in [-0.2, 0) is 0 Å². The summed E-state index contributed by atoms with van der Waals surface area (Å²) in [5.74, 6) is 0.343. The Labute approximate surface area is 131 Å². The lowest BCUT2D eigenvalue weighted by atomic mass is 10.0. The Kier molecular flexibility index (Phi) is 5.03. The van der Waals surface area contributed by atoms with Crippen molar-refractivity contribution in [1.29, 1.82) is 0 Å². The molecule has 0 saturated carbocycles. The SMILES string of the molecule is CC(C)c1ccc(C(=O)Nc2ccccc2C(C)Cl)cc1. The van der Waals surface area contributed by atoms with Crippen LogP contribution >= 0.6 is 11.6 Å². The predicted octanol–water partition coefficient (Wildman–Crippen LogP) is 5.36. The minimum Gasteiger partial charge on any atom is -0.322 e. The van der Waals surface area contributed by atoms with E-state index in [2.05, 4.69) is 19.2 Å². The number of alkyl halides is 1. The van der Waals surface area contributed by atoms with Gasteiger partial charge in [-0.15, -0.1) is 11.6 Å². The van der Waals surface area contributed by atoms with E-state index in [0.29, 0.717) is 11.5 Å². The summed E-state index contributed by atoms with van der Waals surface area (Å²) in [4.78, 5) is 12.3. The molecule has 21 heavy (non-hydrogen) atoms. The molecule has 0 aliphatic rings. The van der Waals surface area contributed by atoms with Crippen molar-refractivity contribution in [2.45, 2.75) is 32.1 Å². The van der Waals surface area contributed by atoms with E-state index in [1.165, 1.54) is 5.56 Å². The molecular formula is C18H20ClNO. The second kappa shape index (κ2) is 6.77. The van der Waals surface area contributed by atoms with Crippen molar-refractivity contribution >= 4 is 23.2 Å². The van der Waals surface area contributed by atoms with Gasteiger partial charge in [-0.2, -0.15) is 0 Å². The maximum atomic E-state index is 12.3. The van der Waals surface area contributed by atoms with Gasteiger partial charge in [0, 0.05) is 11.3 Å². The number of amides is 1. The van der Waals surface area contributed by atoms with Gasteiger partial charge >= 0.3 is 0 Å². The van der Waals surface area contributed by atoms with Crippen LogP contribution < -0.4 is 5.32 Å². The van der Waals surface area contributed by atoms with Gasteiger partial charge in [-0.25, -0.2) is 0 Å². The van der Waals surface area contributed by atoms with Crippen molar-refractivity contribution in [3.63, 3.8) is 0 Å². The molecule has 3 heteroatoms. The maximum absolute atomic E-state index is 12.3. The van der Waals surface area contributed by atoms with Crippen molar-refractivity contribution in [2.24, 2.45) is 0 Å². The Balaban J connectivity index is 2.18. The molecule has 0 heterocycles. The van der Waals surface area contributed by atoms with Gasteiger partial charge in [-0.1, -0.05) is 44.2 Å². The van der Waals surface area contributed by atoms with Gasteiger partial charge in [0.15, 0.2) is 0 Å². The third kappa shape index (κ3) is 3.85. The highest BCUT2D eigenvalue weighted by molar-refractivity contribution is 6.21. The molecule has 0 bridgehead atoms. The van der Waals surface area contributed by atoms with Crippen LogP contribution in [0.25, 0.3) is 0 Å². The average molecular weight is 302 g/mol. The Bertz CT molecular complexity index is 617. The highest BCUT2D eigenvalue weighted by atomic mass is 35.5. The lowest BCUT2D eigenvalue weighted by Gasteiger charge is -2.13. The second-order valence-corrected chi connectivity index (χ2v) is 6.09. The molecule has 2 rings (SSSR count). The van der Waals surface area contributed by atoms with Crippen molar-refractivity contribution in [1.82, 2.24) is 0 Å². The molecular weight excluding hydrogens is 282 g/mol. The lowest BCUT2D eigenvalue weighted by Crippen LogP contribution is -2.13. The van der Waals surface area contributed by atoms with Crippen molar-refractivity contribution in [2.75, 3.05) is 5.32 Å². The first kappa shape index (κ1) is 15.6. The van der Waals surface area contributed by atoms with E-state index in [1.54, 1.807) is 0 Å². The van der Waals surface area contributed by atoms with Gasteiger partial charge < -0.3 is 5.32 Å². The summed E-state index contributed by atoms with van der Waals surface area (Å²) in [7, 11) is 0. The predicted molar refractivity (Wildman–Crippen MR) is 89.2 cm³/mol. The largest absolute Gasteiger partial charge is 0.322 e. The minimum absolute atomic E-state index is 0.116. The van der Waals surface area contributed by atoms with Crippen LogP contribution in [0.5, 0.6) is 0 Å². The van der Waals surface area contributed by atoms with E-state index in [4.69, 9.17) is 11.6 Å². The third-order valence-corrected chi connectivity index (χ3v) is 3.71. The summed E-state index contributed by atoms with van der Waals surface area (Å²) in [5, 5.41) is 2.79. The number of hydrogen-bond donors (Lipinski definition) is 1. The molecule has 2 nitrogen and oxygen atoms in total. The fourth-order valence-corrected chi connectivity index (χ4v) is 2.36. The molecule has 2 aromatic rings. The molecule has 1 N–H and O–H groups in total. The van der Waals surface area contributed by atoms with E-state index < -0.39 is 0 Å². The summed E-state index contributed by atoms with van der Waals surface area (Å²) in [6.45, 7) is 6.16. The van der Waals surface area contributed by atoms with Crippen LogP contribution in [0, 0.1) is 0 Å². The van der Waals surface area contributed by atoms with Gasteiger partial charge in [0.1, 0.15) is 0 Å². The van der Waals surface area contributed by atoms with Gasteiger partial charge in [0.2, 0.25) is 0 Å². The molecule has 0 aliphatic heterocycles. The number of para-hydroxylation sites is 1. The Morgan fingerprint density at radius 1 is 1.00 bits per heavy atom. The number of rotatable bonds is 4. The first-order valence-electron chi connectivity index (χ1n) is 7.13. The van der Waals surface area contributed by atoms with E-state index in [9.17, 15) is 4.79 Å². The molecule has 110 valence electrons. The van der Waals surface area contributed by atoms with E-state index in [1.807, 2.05) is 55.5 Å². The Morgan fingerprint density at radius 2 is 1.62 bits per heavy atom. The van der Waals surface area contributed by atoms with Crippen LogP contribution in [0.2, 0.25) is 0 Å². The Hall–Kier alpha value is -1.80. The van der Waals surface area contributed by atoms with Crippen LogP contribution in [0.4, 0.5) is 5.69 Å². The molecule has 1 unspecified atom stereocenters. The zero-order valence-electron chi connectivity index (χ0n) is 12.6. The first-order valence-corrected chi connectivity index (χ1v) is 7.57. The number of anilines is 1. The first-order chi connectivity index (χ1) is 9.99. The molecule has 2 aromatic carbocycles. The molecule has 0 aliphatic carbocycles. The van der Waals surface area contributed by atoms with Crippen LogP contribution in [0.3, 0.4) is 0 Å². The number of nitrogens with one attached hydrogen (secondary N) is 1. The molecule has 0 radical (unpaired) electrons. The summed E-state index contributed by atoms with van der Waals surface area (Å²) in [5.41, 5.74) is 3.56. The summed E-state index contributed by atoms with van der Waals surface area (Å²) < 4.78 is 0. The Morgan fingerprint density at radius 3 is 2.19 bits per heavy atom. The molecule has 0 aromatic heterocycles. The summed E-state index contributed by atoms with van der Waals surface area (Å²) in [6, 6.07) is 15.3. The fraction of sp³-hybridized carbons (Fsp3) is 0.278. The van der Waals surface area contributed by atoms with E-state index >= 15 is 0 Å². The molecule has 1 amide bonds.